The Labute approximate surface area is 118 Å². The molecule has 0 saturated heterocycles. The van der Waals surface area contributed by atoms with E-state index >= 15 is 0 Å². The van der Waals surface area contributed by atoms with Gasteiger partial charge in [0.1, 0.15) is 0 Å². The highest BCUT2D eigenvalue weighted by Crippen LogP contribution is 2.30. The van der Waals surface area contributed by atoms with Gasteiger partial charge in [0.05, 0.1) is 11.7 Å². The fourth-order valence-electron chi connectivity index (χ4n) is 3.17. The maximum absolute atomic E-state index is 12.4. The summed E-state index contributed by atoms with van der Waals surface area (Å²) in [6.45, 7) is 0. The van der Waals surface area contributed by atoms with E-state index in [-0.39, 0.29) is 18.1 Å². The van der Waals surface area contributed by atoms with E-state index in [2.05, 4.69) is 5.32 Å². The Balaban J connectivity index is 1.65. The van der Waals surface area contributed by atoms with Crippen molar-refractivity contribution >= 4 is 17.2 Å². The number of rotatable bonds is 2. The first-order valence-corrected chi connectivity index (χ1v) is 8.20. The van der Waals surface area contributed by atoms with Gasteiger partial charge in [-0.25, -0.2) is 0 Å². The maximum atomic E-state index is 12.4. The van der Waals surface area contributed by atoms with Gasteiger partial charge in [-0.1, -0.05) is 0 Å². The average Bonchev–Trinajstić information content (AvgIpc) is 2.85. The Hall–Kier alpha value is -0.870. The minimum Gasteiger partial charge on any atom is -0.393 e. The summed E-state index contributed by atoms with van der Waals surface area (Å²) in [6, 6.07) is 0.245. The first-order chi connectivity index (χ1) is 9.24. The summed E-state index contributed by atoms with van der Waals surface area (Å²) >= 11 is 1.74. The molecule has 2 N–H and O–H groups in total. The first kappa shape index (κ1) is 13.1. The summed E-state index contributed by atoms with van der Waals surface area (Å²) < 4.78 is 0. The standard InChI is InChI=1S/C15H21NO2S/c17-11-7-5-10(6-8-11)16-15(18)13-9-19-14-4-2-1-3-12(13)14/h9-11,17H,1-8H2,(H,16,18). The number of aliphatic hydroxyl groups is 1. The first-order valence-electron chi connectivity index (χ1n) is 7.32. The van der Waals surface area contributed by atoms with Crippen LogP contribution in [0.3, 0.4) is 0 Å². The van der Waals surface area contributed by atoms with Crippen LogP contribution in [0, 0.1) is 0 Å². The molecule has 1 heterocycles. The number of thiophene rings is 1. The highest BCUT2D eigenvalue weighted by molar-refractivity contribution is 7.10. The summed E-state index contributed by atoms with van der Waals surface area (Å²) in [5, 5.41) is 14.7. The predicted molar refractivity (Wildman–Crippen MR) is 76.7 cm³/mol. The van der Waals surface area contributed by atoms with Crippen LogP contribution in [-0.2, 0) is 12.8 Å². The van der Waals surface area contributed by atoms with E-state index in [1.54, 1.807) is 11.3 Å². The van der Waals surface area contributed by atoms with Crippen LogP contribution < -0.4 is 5.32 Å². The fourth-order valence-corrected chi connectivity index (χ4v) is 4.29. The van der Waals surface area contributed by atoms with Crippen molar-refractivity contribution in [3.63, 3.8) is 0 Å². The monoisotopic (exact) mass is 279 g/mol. The van der Waals surface area contributed by atoms with Gasteiger partial charge in [-0.3, -0.25) is 4.79 Å². The van der Waals surface area contributed by atoms with Gasteiger partial charge in [0, 0.05) is 16.3 Å². The Kier molecular flexibility index (Phi) is 3.89. The number of hydrogen-bond acceptors (Lipinski definition) is 3. The second-order valence-corrected chi connectivity index (χ2v) is 6.70. The zero-order valence-electron chi connectivity index (χ0n) is 11.2. The highest BCUT2D eigenvalue weighted by atomic mass is 32.1. The zero-order chi connectivity index (χ0) is 13.2. The van der Waals surface area contributed by atoms with E-state index in [4.69, 9.17) is 0 Å². The Morgan fingerprint density at radius 1 is 1.21 bits per heavy atom. The molecule has 1 aromatic rings. The number of fused-ring (bicyclic) bond motifs is 1. The molecule has 0 atom stereocenters. The van der Waals surface area contributed by atoms with Crippen molar-refractivity contribution in [1.29, 1.82) is 0 Å². The molecule has 2 aliphatic rings. The van der Waals surface area contributed by atoms with Crippen LogP contribution >= 0.6 is 11.3 Å². The van der Waals surface area contributed by atoms with Crippen molar-refractivity contribution in [2.75, 3.05) is 0 Å². The molecule has 0 aliphatic heterocycles. The van der Waals surface area contributed by atoms with Crippen LogP contribution in [0.4, 0.5) is 0 Å². The molecule has 4 heteroatoms. The third-order valence-electron chi connectivity index (χ3n) is 4.34. The predicted octanol–water partition coefficient (Wildman–Crippen LogP) is 2.66. The average molecular weight is 279 g/mol. The van der Waals surface area contributed by atoms with Crippen LogP contribution in [0.1, 0.15) is 59.3 Å². The van der Waals surface area contributed by atoms with Crippen molar-refractivity contribution in [1.82, 2.24) is 5.32 Å². The van der Waals surface area contributed by atoms with Gasteiger partial charge in [0.15, 0.2) is 0 Å². The van der Waals surface area contributed by atoms with E-state index in [9.17, 15) is 9.90 Å². The van der Waals surface area contributed by atoms with Gasteiger partial charge in [0.2, 0.25) is 0 Å². The maximum Gasteiger partial charge on any atom is 0.252 e. The lowest BCUT2D eigenvalue weighted by Crippen LogP contribution is -2.38. The van der Waals surface area contributed by atoms with E-state index in [1.165, 1.54) is 23.3 Å². The lowest BCUT2D eigenvalue weighted by atomic mass is 9.92. The number of hydrogen-bond donors (Lipinski definition) is 2. The van der Waals surface area contributed by atoms with Crippen LogP contribution in [-0.4, -0.2) is 23.2 Å². The molecule has 3 nitrogen and oxygen atoms in total. The number of carbonyl (C=O) groups excluding carboxylic acids is 1. The van der Waals surface area contributed by atoms with Gasteiger partial charge in [-0.15, -0.1) is 11.3 Å². The molecular formula is C15H21NO2S. The minimum atomic E-state index is -0.165. The van der Waals surface area contributed by atoms with Crippen LogP contribution in [0.5, 0.6) is 0 Å². The molecule has 1 amide bonds. The SMILES string of the molecule is O=C(NC1CCC(O)CC1)c1csc2c1CCCC2. The lowest BCUT2D eigenvalue weighted by Gasteiger charge is -2.26. The molecule has 0 spiro atoms. The highest BCUT2D eigenvalue weighted by Gasteiger charge is 2.24. The zero-order valence-corrected chi connectivity index (χ0v) is 12.0. The summed E-state index contributed by atoms with van der Waals surface area (Å²) in [5.41, 5.74) is 2.20. The molecule has 1 fully saturated rings. The van der Waals surface area contributed by atoms with Crippen LogP contribution in [0.25, 0.3) is 0 Å². The number of aryl methyl sites for hydroxylation is 1. The molecule has 1 aromatic heterocycles. The normalized spacial score (nSPS) is 26.8. The quantitative estimate of drug-likeness (QED) is 0.874. The number of aliphatic hydroxyl groups excluding tert-OH is 1. The van der Waals surface area contributed by atoms with Crippen LogP contribution in [0.15, 0.2) is 5.38 Å². The van der Waals surface area contributed by atoms with Gasteiger partial charge >= 0.3 is 0 Å². The smallest absolute Gasteiger partial charge is 0.252 e. The second-order valence-electron chi connectivity index (χ2n) is 5.74. The topological polar surface area (TPSA) is 49.3 Å². The molecule has 1 saturated carbocycles. The van der Waals surface area contributed by atoms with Crippen molar-refractivity contribution in [2.24, 2.45) is 0 Å². The van der Waals surface area contributed by atoms with Gasteiger partial charge in [-0.05, 0) is 56.9 Å². The molecule has 0 aromatic carbocycles. The molecule has 3 rings (SSSR count). The van der Waals surface area contributed by atoms with Crippen molar-refractivity contribution in [3.05, 3.63) is 21.4 Å². The summed E-state index contributed by atoms with van der Waals surface area (Å²) in [7, 11) is 0. The minimum absolute atomic E-state index is 0.0980. The second kappa shape index (κ2) is 5.63. The van der Waals surface area contributed by atoms with Crippen molar-refractivity contribution < 1.29 is 9.90 Å². The Morgan fingerprint density at radius 3 is 2.74 bits per heavy atom. The Morgan fingerprint density at radius 2 is 1.95 bits per heavy atom. The number of amides is 1. The van der Waals surface area contributed by atoms with E-state index in [0.717, 1.165) is 44.1 Å². The molecule has 19 heavy (non-hydrogen) atoms. The third kappa shape index (κ3) is 2.84. The molecule has 0 radical (unpaired) electrons. The van der Waals surface area contributed by atoms with Crippen molar-refractivity contribution in [3.8, 4) is 0 Å². The number of carbonyl (C=O) groups is 1. The molecule has 0 unspecified atom stereocenters. The fraction of sp³-hybridized carbons (Fsp3) is 0.667. The van der Waals surface area contributed by atoms with E-state index < -0.39 is 0 Å². The van der Waals surface area contributed by atoms with E-state index in [0.29, 0.717) is 0 Å². The van der Waals surface area contributed by atoms with E-state index in [1.807, 2.05) is 5.38 Å². The number of nitrogens with one attached hydrogen (secondary N) is 1. The molecule has 2 aliphatic carbocycles. The molecular weight excluding hydrogens is 258 g/mol. The van der Waals surface area contributed by atoms with Crippen LogP contribution in [0.2, 0.25) is 0 Å². The van der Waals surface area contributed by atoms with Gasteiger partial charge < -0.3 is 10.4 Å². The van der Waals surface area contributed by atoms with Gasteiger partial charge in [0.25, 0.3) is 5.91 Å². The third-order valence-corrected chi connectivity index (χ3v) is 5.43. The molecule has 0 bridgehead atoms. The van der Waals surface area contributed by atoms with Crippen molar-refractivity contribution in [2.45, 2.75) is 63.5 Å². The summed E-state index contributed by atoms with van der Waals surface area (Å²) in [5.74, 6) is 0.0980. The summed E-state index contributed by atoms with van der Waals surface area (Å²) in [6.07, 6.45) is 7.93. The lowest BCUT2D eigenvalue weighted by molar-refractivity contribution is 0.0867. The largest absolute Gasteiger partial charge is 0.393 e. The van der Waals surface area contributed by atoms with Gasteiger partial charge in [-0.2, -0.15) is 0 Å². The summed E-state index contributed by atoms with van der Waals surface area (Å²) in [4.78, 5) is 13.8. The Bertz CT molecular complexity index is 461. The molecule has 104 valence electrons.